The van der Waals surface area contributed by atoms with Gasteiger partial charge >= 0.3 is 0 Å². The van der Waals surface area contributed by atoms with Crippen molar-refractivity contribution < 1.29 is 0 Å². The number of nitrogens with zero attached hydrogens (tertiary/aromatic N) is 1. The van der Waals surface area contributed by atoms with Crippen LogP contribution in [0.25, 0.3) is 75.1 Å². The maximum Gasteiger partial charge on any atom is 0.0724 e. The molecule has 1 nitrogen and oxygen atoms in total. The second-order valence-corrected chi connectivity index (χ2v) is 21.1. The second-order valence-electron chi connectivity index (χ2n) is 20.0. The van der Waals surface area contributed by atoms with E-state index in [4.69, 9.17) is 0 Å². The Balaban J connectivity index is 1.01. The molecule has 13 rings (SSSR count). The van der Waals surface area contributed by atoms with Gasteiger partial charge in [-0.1, -0.05) is 175 Å². The van der Waals surface area contributed by atoms with Crippen molar-refractivity contribution in [2.24, 2.45) is 0 Å². The first-order valence-electron chi connectivity index (χ1n) is 24.9. The lowest BCUT2D eigenvalue weighted by molar-refractivity contribution is 0.738. The molecule has 0 unspecified atom stereocenters. The normalized spacial score (nSPS) is 12.8. The van der Waals surface area contributed by atoms with Gasteiger partial charge in [0.05, 0.1) is 21.5 Å². The highest BCUT2D eigenvalue weighted by Crippen LogP contribution is 2.62. The minimum atomic E-state index is -0.558. The third-order valence-electron chi connectivity index (χ3n) is 15.4. The number of anilines is 3. The second kappa shape index (κ2) is 16.5. The Kier molecular flexibility index (Phi) is 10.0. The van der Waals surface area contributed by atoms with Gasteiger partial charge < -0.3 is 4.90 Å². The molecule has 1 aliphatic rings. The standard InChI is InChI=1S/C69H53NS/c1-42-35-44(3)66(45(4)36-42)69(67-46(5)37-43(2)38-47(67)6)60-20-11-9-18-59(60)65-61(69)21-14-22-62(65)70(63-23-13-19-58-57-17-10-12-24-64(57)71-68(58)63)56-33-31-49(32-34-56)51-27-28-54-41-55(30-29-53(54)40-51)52-26-25-48-15-7-8-16-50(48)39-52/h7-41H,1-6H3. The zero-order valence-electron chi connectivity index (χ0n) is 41.1. The minimum absolute atomic E-state index is 0.558. The van der Waals surface area contributed by atoms with Crippen LogP contribution < -0.4 is 4.90 Å². The summed E-state index contributed by atoms with van der Waals surface area (Å²) in [4.78, 5) is 2.56. The highest BCUT2D eigenvalue weighted by Gasteiger charge is 2.50. The molecule has 0 saturated carbocycles. The Bertz CT molecular complexity index is 4030. The highest BCUT2D eigenvalue weighted by molar-refractivity contribution is 7.26. The number of hydrogen-bond donors (Lipinski definition) is 0. The van der Waals surface area contributed by atoms with Gasteiger partial charge in [-0.25, -0.2) is 0 Å². The molecular weight excluding hydrogens is 875 g/mol. The van der Waals surface area contributed by atoms with Gasteiger partial charge in [-0.15, -0.1) is 11.3 Å². The molecule has 0 fully saturated rings. The van der Waals surface area contributed by atoms with Gasteiger partial charge in [-0.05, 0) is 184 Å². The van der Waals surface area contributed by atoms with E-state index < -0.39 is 5.41 Å². The minimum Gasteiger partial charge on any atom is -0.308 e. The van der Waals surface area contributed by atoms with E-state index in [9.17, 15) is 0 Å². The number of benzene rings is 11. The largest absolute Gasteiger partial charge is 0.308 e. The first-order valence-corrected chi connectivity index (χ1v) is 25.7. The number of hydrogen-bond acceptors (Lipinski definition) is 2. The lowest BCUT2D eigenvalue weighted by atomic mass is 9.63. The van der Waals surface area contributed by atoms with E-state index in [1.165, 1.54) is 142 Å². The SMILES string of the molecule is Cc1cc(C)c(C2(c3c(C)cc(C)cc3C)c3ccccc3-c3c(N(c4ccc(-c5ccc6cc(-c7ccc8ccccc8c7)ccc6c5)cc4)c4cccc5c4sc4ccccc45)cccc32)c(C)c1. The molecule has 0 aliphatic heterocycles. The van der Waals surface area contributed by atoms with Crippen molar-refractivity contribution in [2.45, 2.75) is 47.0 Å². The molecule has 0 radical (unpaired) electrons. The van der Waals surface area contributed by atoms with Crippen LogP contribution in [0.15, 0.2) is 212 Å². The summed E-state index contributed by atoms with van der Waals surface area (Å²) in [5, 5.41) is 7.57. The lowest BCUT2D eigenvalue weighted by Crippen LogP contribution is -2.32. The number of thiophene rings is 1. The molecule has 1 aromatic heterocycles. The van der Waals surface area contributed by atoms with Crippen LogP contribution in [0, 0.1) is 41.5 Å². The summed E-state index contributed by atoms with van der Waals surface area (Å²) in [6.07, 6.45) is 0. The molecule has 11 aromatic carbocycles. The molecule has 1 heterocycles. The monoisotopic (exact) mass is 927 g/mol. The molecule has 0 bridgehead atoms. The van der Waals surface area contributed by atoms with Gasteiger partial charge in [0, 0.05) is 26.7 Å². The molecule has 0 amide bonds. The molecule has 0 atom stereocenters. The Morgan fingerprint density at radius 2 is 0.845 bits per heavy atom. The van der Waals surface area contributed by atoms with Crippen molar-refractivity contribution in [2.75, 3.05) is 4.90 Å². The summed E-state index contributed by atoms with van der Waals surface area (Å²) >= 11 is 1.89. The van der Waals surface area contributed by atoms with E-state index in [-0.39, 0.29) is 0 Å². The van der Waals surface area contributed by atoms with E-state index in [0.29, 0.717) is 0 Å². The van der Waals surface area contributed by atoms with E-state index in [2.05, 4.69) is 259 Å². The third-order valence-corrected chi connectivity index (χ3v) is 16.6. The Hall–Kier alpha value is -8.04. The average molecular weight is 928 g/mol. The Morgan fingerprint density at radius 1 is 0.366 bits per heavy atom. The summed E-state index contributed by atoms with van der Waals surface area (Å²) in [5.41, 5.74) is 23.6. The molecule has 71 heavy (non-hydrogen) atoms. The van der Waals surface area contributed by atoms with Crippen LogP contribution in [0.2, 0.25) is 0 Å². The quantitative estimate of drug-likeness (QED) is 0.154. The average Bonchev–Trinajstić information content (AvgIpc) is 3.91. The van der Waals surface area contributed by atoms with E-state index in [1.807, 2.05) is 11.3 Å². The van der Waals surface area contributed by atoms with Crippen molar-refractivity contribution in [3.8, 4) is 33.4 Å². The molecule has 340 valence electrons. The smallest absolute Gasteiger partial charge is 0.0724 e. The Morgan fingerprint density at radius 3 is 1.51 bits per heavy atom. The zero-order valence-corrected chi connectivity index (χ0v) is 41.9. The van der Waals surface area contributed by atoms with Crippen molar-refractivity contribution in [1.82, 2.24) is 0 Å². The number of fused-ring (bicyclic) bond motifs is 8. The van der Waals surface area contributed by atoms with Crippen LogP contribution in [-0.2, 0) is 5.41 Å². The topological polar surface area (TPSA) is 3.24 Å². The van der Waals surface area contributed by atoms with Gasteiger partial charge in [-0.2, -0.15) is 0 Å². The molecule has 0 saturated heterocycles. The van der Waals surface area contributed by atoms with Gasteiger partial charge in [-0.3, -0.25) is 0 Å². The Labute approximate surface area is 421 Å². The van der Waals surface area contributed by atoms with Crippen LogP contribution in [0.5, 0.6) is 0 Å². The highest BCUT2D eigenvalue weighted by atomic mass is 32.1. The predicted octanol–water partition coefficient (Wildman–Crippen LogP) is 19.4. The van der Waals surface area contributed by atoms with Crippen LogP contribution in [0.1, 0.15) is 55.6 Å². The third kappa shape index (κ3) is 6.73. The summed E-state index contributed by atoms with van der Waals surface area (Å²) in [7, 11) is 0. The summed E-state index contributed by atoms with van der Waals surface area (Å²) < 4.78 is 2.57. The van der Waals surface area contributed by atoms with Crippen LogP contribution in [0.3, 0.4) is 0 Å². The van der Waals surface area contributed by atoms with Crippen molar-refractivity contribution in [3.05, 3.63) is 268 Å². The van der Waals surface area contributed by atoms with Crippen LogP contribution in [0.4, 0.5) is 17.1 Å². The van der Waals surface area contributed by atoms with Gasteiger partial charge in [0.15, 0.2) is 0 Å². The fraction of sp³-hybridized carbons (Fsp3) is 0.101. The van der Waals surface area contributed by atoms with Crippen LogP contribution >= 0.6 is 11.3 Å². The van der Waals surface area contributed by atoms with Crippen LogP contribution in [-0.4, -0.2) is 0 Å². The van der Waals surface area contributed by atoms with Crippen molar-refractivity contribution in [1.29, 1.82) is 0 Å². The molecule has 0 N–H and O–H groups in total. The zero-order chi connectivity index (χ0) is 48.1. The first-order chi connectivity index (χ1) is 34.6. The molecular formula is C69H53NS. The van der Waals surface area contributed by atoms with Gasteiger partial charge in [0.25, 0.3) is 0 Å². The van der Waals surface area contributed by atoms with Gasteiger partial charge in [0.2, 0.25) is 0 Å². The van der Waals surface area contributed by atoms with E-state index >= 15 is 0 Å². The lowest BCUT2D eigenvalue weighted by Gasteiger charge is -2.39. The van der Waals surface area contributed by atoms with Gasteiger partial charge in [0.1, 0.15) is 0 Å². The summed E-state index contributed by atoms with van der Waals surface area (Å²) in [6.45, 7) is 13.8. The molecule has 1 aliphatic carbocycles. The summed E-state index contributed by atoms with van der Waals surface area (Å²) in [6, 6.07) is 80.1. The maximum absolute atomic E-state index is 2.56. The first kappa shape index (κ1) is 43.0. The van der Waals surface area contributed by atoms with E-state index in [0.717, 1.165) is 5.69 Å². The molecule has 0 spiro atoms. The van der Waals surface area contributed by atoms with Crippen molar-refractivity contribution >= 4 is 70.1 Å². The molecule has 12 aromatic rings. The van der Waals surface area contributed by atoms with E-state index in [1.54, 1.807) is 0 Å². The number of rotatable bonds is 7. The molecule has 2 heteroatoms. The van der Waals surface area contributed by atoms with Crippen molar-refractivity contribution in [3.63, 3.8) is 0 Å². The fourth-order valence-electron chi connectivity index (χ4n) is 12.8. The maximum atomic E-state index is 2.56. The number of aryl methyl sites for hydroxylation is 6. The fourth-order valence-corrected chi connectivity index (χ4v) is 14.0. The summed E-state index contributed by atoms with van der Waals surface area (Å²) in [5.74, 6) is 0. The predicted molar refractivity (Wildman–Crippen MR) is 306 cm³/mol.